The minimum Gasteiger partial charge on any atom is -0.437 e. The van der Waals surface area contributed by atoms with Crippen molar-refractivity contribution in [2.75, 3.05) is 6.54 Å². The zero-order valence-electron chi connectivity index (χ0n) is 15.1. The normalized spacial score (nSPS) is 16.0. The molecule has 0 amide bonds. The summed E-state index contributed by atoms with van der Waals surface area (Å²) < 4.78 is 9.93. The third kappa shape index (κ3) is 2.88. The molecule has 7 heteroatoms. The fourth-order valence-corrected chi connectivity index (χ4v) is 3.56. The first-order valence-electron chi connectivity index (χ1n) is 9.26. The van der Waals surface area contributed by atoms with Gasteiger partial charge < -0.3 is 10.1 Å². The lowest BCUT2D eigenvalue weighted by molar-refractivity contribution is 0.427. The average Bonchev–Trinajstić information content (AvgIpc) is 3.36. The maximum Gasteiger partial charge on any atom is 0.217 e. The van der Waals surface area contributed by atoms with Crippen LogP contribution in [0, 0.1) is 11.3 Å². The summed E-state index contributed by atoms with van der Waals surface area (Å²) in [5.41, 5.74) is 4.86. The van der Waals surface area contributed by atoms with Crippen molar-refractivity contribution in [3.63, 3.8) is 0 Å². The van der Waals surface area contributed by atoms with E-state index in [2.05, 4.69) is 21.6 Å². The number of ether oxygens (including phenoxy) is 1. The van der Waals surface area contributed by atoms with Crippen LogP contribution in [0.5, 0.6) is 11.6 Å². The molecular formula is C20H20N6O. The molecule has 0 saturated heterocycles. The van der Waals surface area contributed by atoms with Crippen molar-refractivity contribution < 1.29 is 4.74 Å². The number of rotatable bonds is 4. The Morgan fingerprint density at radius 3 is 3.00 bits per heavy atom. The highest BCUT2D eigenvalue weighted by Crippen LogP contribution is 2.41. The number of aryl methyl sites for hydroxylation is 1. The monoisotopic (exact) mass is 360 g/mol. The second kappa shape index (κ2) is 6.25. The van der Waals surface area contributed by atoms with Crippen molar-refractivity contribution >= 4 is 0 Å². The van der Waals surface area contributed by atoms with Gasteiger partial charge in [-0.25, -0.2) is 9.36 Å². The van der Waals surface area contributed by atoms with Gasteiger partial charge in [0.15, 0.2) is 5.75 Å². The number of nitrogens with one attached hydrogen (secondary N) is 1. The number of fused-ring (bicyclic) bond motifs is 1. The van der Waals surface area contributed by atoms with Crippen LogP contribution in [0.15, 0.2) is 30.5 Å². The van der Waals surface area contributed by atoms with Crippen LogP contribution in [0.25, 0.3) is 5.69 Å². The van der Waals surface area contributed by atoms with E-state index in [4.69, 9.17) is 4.74 Å². The maximum absolute atomic E-state index is 9.33. The van der Waals surface area contributed by atoms with Crippen LogP contribution in [0.3, 0.4) is 0 Å². The van der Waals surface area contributed by atoms with E-state index in [9.17, 15) is 5.26 Å². The van der Waals surface area contributed by atoms with E-state index in [-0.39, 0.29) is 0 Å². The smallest absolute Gasteiger partial charge is 0.217 e. The molecule has 0 bridgehead atoms. The zero-order valence-corrected chi connectivity index (χ0v) is 15.1. The predicted molar refractivity (Wildman–Crippen MR) is 98.9 cm³/mol. The molecule has 1 saturated carbocycles. The van der Waals surface area contributed by atoms with Gasteiger partial charge >= 0.3 is 0 Å². The zero-order chi connectivity index (χ0) is 18.4. The van der Waals surface area contributed by atoms with Gasteiger partial charge in [0, 0.05) is 50.2 Å². The largest absolute Gasteiger partial charge is 0.437 e. The first-order chi connectivity index (χ1) is 13.2. The lowest BCUT2D eigenvalue weighted by Gasteiger charge is -2.17. The number of hydrogen-bond donors (Lipinski definition) is 1. The van der Waals surface area contributed by atoms with Crippen LogP contribution in [0.4, 0.5) is 0 Å². The molecule has 0 radical (unpaired) electrons. The molecule has 0 atom stereocenters. The number of hydrogen-bond acceptors (Lipinski definition) is 5. The third-order valence-corrected chi connectivity index (χ3v) is 5.19. The van der Waals surface area contributed by atoms with Gasteiger partial charge in [-0.3, -0.25) is 0 Å². The summed E-state index contributed by atoms with van der Waals surface area (Å²) in [5, 5.41) is 21.8. The molecule has 27 heavy (non-hydrogen) atoms. The number of nitrogens with zero attached hydrogens (tertiary/aromatic N) is 5. The predicted octanol–water partition coefficient (Wildman–Crippen LogP) is 2.79. The molecule has 0 spiro atoms. The molecule has 3 heterocycles. The number of benzene rings is 1. The van der Waals surface area contributed by atoms with E-state index in [1.807, 2.05) is 30.1 Å². The minimum absolute atomic E-state index is 0.557. The standard InChI is InChI=1S/C20H20N6O/c1-25-20(9-16(24-25)14-3-4-14)27-19-8-13(10-21)2-5-18(19)26-17-6-7-22-11-15(17)12-23-26/h2,5,8-9,12,14,22H,3-4,6-7,11H2,1H3. The molecule has 1 fully saturated rings. The van der Waals surface area contributed by atoms with Crippen LogP contribution < -0.4 is 10.1 Å². The van der Waals surface area contributed by atoms with E-state index in [1.54, 1.807) is 16.8 Å². The molecule has 1 aromatic carbocycles. The Morgan fingerprint density at radius 1 is 1.30 bits per heavy atom. The Morgan fingerprint density at radius 2 is 2.19 bits per heavy atom. The SMILES string of the molecule is Cn1nc(C2CC2)cc1Oc1cc(C#N)ccc1-n1ncc2c1CCNC2. The third-order valence-electron chi connectivity index (χ3n) is 5.19. The Hall–Kier alpha value is -3.11. The molecule has 1 N–H and O–H groups in total. The van der Waals surface area contributed by atoms with E-state index in [1.165, 1.54) is 24.1 Å². The van der Waals surface area contributed by atoms with Crippen LogP contribution >= 0.6 is 0 Å². The molecule has 5 rings (SSSR count). The number of aromatic nitrogens is 4. The Bertz CT molecular complexity index is 1050. The van der Waals surface area contributed by atoms with Crippen LogP contribution in [0.1, 0.15) is 41.3 Å². The summed E-state index contributed by atoms with van der Waals surface area (Å²) in [6.45, 7) is 1.76. The Labute approximate surface area is 157 Å². The fourth-order valence-electron chi connectivity index (χ4n) is 3.56. The fraction of sp³-hybridized carbons (Fsp3) is 0.350. The highest BCUT2D eigenvalue weighted by Gasteiger charge is 2.27. The maximum atomic E-state index is 9.33. The van der Waals surface area contributed by atoms with Crippen molar-refractivity contribution in [2.45, 2.75) is 31.7 Å². The summed E-state index contributed by atoms with van der Waals surface area (Å²) in [5.74, 6) is 1.85. The van der Waals surface area contributed by atoms with E-state index in [0.717, 1.165) is 30.9 Å². The van der Waals surface area contributed by atoms with Crippen LogP contribution in [0.2, 0.25) is 0 Å². The summed E-state index contributed by atoms with van der Waals surface area (Å²) in [7, 11) is 1.89. The average molecular weight is 360 g/mol. The second-order valence-corrected chi connectivity index (χ2v) is 7.16. The first kappa shape index (κ1) is 16.1. The second-order valence-electron chi connectivity index (χ2n) is 7.16. The van der Waals surface area contributed by atoms with Crippen molar-refractivity contribution in [3.05, 3.63) is 53.0 Å². The van der Waals surface area contributed by atoms with Crippen molar-refractivity contribution in [2.24, 2.45) is 7.05 Å². The highest BCUT2D eigenvalue weighted by molar-refractivity contribution is 5.53. The van der Waals surface area contributed by atoms with E-state index < -0.39 is 0 Å². The Balaban J connectivity index is 1.57. The minimum atomic E-state index is 0.557. The van der Waals surface area contributed by atoms with Gasteiger partial charge in [0.05, 0.1) is 29.2 Å². The lowest BCUT2D eigenvalue weighted by atomic mass is 10.1. The van der Waals surface area contributed by atoms with Gasteiger partial charge in [0.2, 0.25) is 5.88 Å². The van der Waals surface area contributed by atoms with Gasteiger partial charge in [-0.1, -0.05) is 0 Å². The van der Waals surface area contributed by atoms with Gasteiger partial charge in [0.1, 0.15) is 5.69 Å². The molecular weight excluding hydrogens is 340 g/mol. The van der Waals surface area contributed by atoms with E-state index >= 15 is 0 Å². The molecule has 136 valence electrons. The van der Waals surface area contributed by atoms with Crippen molar-refractivity contribution in [3.8, 4) is 23.4 Å². The van der Waals surface area contributed by atoms with Crippen LogP contribution in [-0.2, 0) is 20.0 Å². The topological polar surface area (TPSA) is 80.7 Å². The van der Waals surface area contributed by atoms with Gasteiger partial charge in [-0.05, 0) is 25.0 Å². The summed E-state index contributed by atoms with van der Waals surface area (Å²) in [4.78, 5) is 0. The molecule has 2 aromatic heterocycles. The van der Waals surface area contributed by atoms with Gasteiger partial charge in [-0.2, -0.15) is 15.5 Å². The van der Waals surface area contributed by atoms with Crippen molar-refractivity contribution in [1.29, 1.82) is 5.26 Å². The highest BCUT2D eigenvalue weighted by atomic mass is 16.5. The van der Waals surface area contributed by atoms with E-state index in [0.29, 0.717) is 23.1 Å². The summed E-state index contributed by atoms with van der Waals surface area (Å²) in [6.07, 6.45) is 5.20. The molecule has 3 aromatic rings. The lowest BCUT2D eigenvalue weighted by Crippen LogP contribution is -2.24. The quantitative estimate of drug-likeness (QED) is 0.774. The Kier molecular flexibility index (Phi) is 3.73. The molecule has 0 unspecified atom stereocenters. The molecule has 1 aliphatic heterocycles. The molecule has 1 aliphatic carbocycles. The van der Waals surface area contributed by atoms with Crippen molar-refractivity contribution in [1.82, 2.24) is 24.9 Å². The molecule has 2 aliphatic rings. The molecule has 7 nitrogen and oxygen atoms in total. The summed E-state index contributed by atoms with van der Waals surface area (Å²) >= 11 is 0. The van der Waals surface area contributed by atoms with Crippen LogP contribution in [-0.4, -0.2) is 26.1 Å². The van der Waals surface area contributed by atoms with Gasteiger partial charge in [0.25, 0.3) is 0 Å². The first-order valence-corrected chi connectivity index (χ1v) is 9.26. The van der Waals surface area contributed by atoms with Gasteiger partial charge in [-0.15, -0.1) is 0 Å². The summed E-state index contributed by atoms with van der Waals surface area (Å²) in [6, 6.07) is 9.67. The number of nitriles is 1.